The smallest absolute Gasteiger partial charge is 0.364 e. The van der Waals surface area contributed by atoms with Crippen molar-refractivity contribution in [1.82, 2.24) is 25.3 Å². The summed E-state index contributed by atoms with van der Waals surface area (Å²) in [5.41, 5.74) is 1.40. The second-order valence-electron chi connectivity index (χ2n) is 8.88. The van der Waals surface area contributed by atoms with Gasteiger partial charge < -0.3 is 10.2 Å². The second kappa shape index (κ2) is 8.92. The molecule has 1 amide bonds. The number of hydrogen-bond acceptors (Lipinski definition) is 5. The summed E-state index contributed by atoms with van der Waals surface area (Å²) in [7, 11) is 0. The monoisotopic (exact) mass is 507 g/mol. The van der Waals surface area contributed by atoms with Gasteiger partial charge in [0, 0.05) is 42.2 Å². The third-order valence-corrected chi connectivity index (χ3v) is 6.42. The van der Waals surface area contributed by atoms with Crippen LogP contribution >= 0.6 is 0 Å². The van der Waals surface area contributed by atoms with E-state index in [0.717, 1.165) is 28.6 Å². The highest BCUT2D eigenvalue weighted by molar-refractivity contribution is 5.95. The van der Waals surface area contributed by atoms with Crippen LogP contribution in [-0.4, -0.2) is 51.2 Å². The first-order chi connectivity index (χ1) is 16.9. The summed E-state index contributed by atoms with van der Waals surface area (Å²) in [4.78, 5) is 13.6. The fourth-order valence-corrected chi connectivity index (χ4v) is 4.39. The summed E-state index contributed by atoms with van der Waals surface area (Å²) in [6.45, 7) is 4.63. The van der Waals surface area contributed by atoms with Gasteiger partial charge in [-0.05, 0) is 26.8 Å². The Morgan fingerprint density at radius 1 is 1.25 bits per heavy atom. The minimum atomic E-state index is -4.73. The van der Waals surface area contributed by atoms with Gasteiger partial charge in [-0.3, -0.25) is 14.6 Å². The second-order valence-corrected chi connectivity index (χ2v) is 8.88. The molecule has 0 aliphatic carbocycles. The van der Waals surface area contributed by atoms with Crippen molar-refractivity contribution in [2.75, 3.05) is 18.0 Å². The summed E-state index contributed by atoms with van der Waals surface area (Å²) in [5, 5.41) is 22.4. The number of benzene rings is 1. The lowest BCUT2D eigenvalue weighted by atomic mass is 9.85. The van der Waals surface area contributed by atoms with Crippen LogP contribution in [0, 0.1) is 36.8 Å². The lowest BCUT2D eigenvalue weighted by Gasteiger charge is -2.50. The molecule has 1 aliphatic rings. The van der Waals surface area contributed by atoms with Crippen LogP contribution in [0.1, 0.15) is 35.1 Å². The van der Waals surface area contributed by atoms with Crippen molar-refractivity contribution in [2.24, 2.45) is 0 Å². The topological polar surface area (TPSA) is 103 Å². The van der Waals surface area contributed by atoms with E-state index in [1.54, 1.807) is 22.4 Å². The van der Waals surface area contributed by atoms with Gasteiger partial charge in [-0.2, -0.15) is 28.6 Å². The molecule has 2 N–H and O–H groups in total. The number of nitrogens with one attached hydrogen (secondary N) is 2. The van der Waals surface area contributed by atoms with Crippen molar-refractivity contribution in [3.63, 3.8) is 0 Å². The van der Waals surface area contributed by atoms with Crippen LogP contribution < -0.4 is 10.2 Å². The number of nitriles is 1. The van der Waals surface area contributed by atoms with E-state index in [1.807, 2.05) is 13.8 Å². The third-order valence-electron chi connectivity index (χ3n) is 6.42. The largest absolute Gasteiger partial charge is 0.408 e. The molecule has 0 radical (unpaired) electrons. The highest BCUT2D eigenvalue weighted by Crippen LogP contribution is 2.40. The third kappa shape index (κ3) is 4.27. The minimum absolute atomic E-state index is 0.0513. The fraction of sp³-hybridized carbons (Fsp3) is 0.391. The Hall–Kier alpha value is -3.95. The molecule has 0 unspecified atom stereocenters. The molecule has 1 fully saturated rings. The van der Waals surface area contributed by atoms with Crippen LogP contribution in [0.2, 0.25) is 0 Å². The Balaban J connectivity index is 1.58. The van der Waals surface area contributed by atoms with Gasteiger partial charge in [-0.1, -0.05) is 0 Å². The maximum absolute atomic E-state index is 14.9. The van der Waals surface area contributed by atoms with Gasteiger partial charge in [0.1, 0.15) is 23.2 Å². The summed E-state index contributed by atoms with van der Waals surface area (Å²) < 4.78 is 69.4. The summed E-state index contributed by atoms with van der Waals surface area (Å²) >= 11 is 0. The van der Waals surface area contributed by atoms with E-state index in [-0.39, 0.29) is 25.2 Å². The van der Waals surface area contributed by atoms with E-state index in [9.17, 15) is 32.0 Å². The van der Waals surface area contributed by atoms with E-state index in [2.05, 4.69) is 21.4 Å². The standard InChI is InChI=1S/C23H22F5N7O/c1-12-16(8-30-33-12)17-9-31-35(13(17)2)22(4-5-29)10-34(11-22)20-7-18(24)15(6-19(20)25)21(36)32-14(3)23(26,27)28/h6-9,14H,4,10-11H2,1-3H3,(H,30,33)(H,32,36)/t14-/m0/s1. The number of aryl methyl sites for hydroxylation is 1. The normalized spacial score (nSPS) is 15.8. The average Bonchev–Trinajstić information content (AvgIpc) is 3.36. The zero-order valence-corrected chi connectivity index (χ0v) is 19.5. The Kier molecular flexibility index (Phi) is 6.24. The Morgan fingerprint density at radius 3 is 2.53 bits per heavy atom. The quantitative estimate of drug-likeness (QED) is 0.492. The van der Waals surface area contributed by atoms with Gasteiger partial charge in [0.05, 0.1) is 35.6 Å². The summed E-state index contributed by atoms with van der Waals surface area (Å²) in [5.74, 6) is -3.51. The van der Waals surface area contributed by atoms with Crippen LogP contribution in [-0.2, 0) is 5.54 Å². The molecular weight excluding hydrogens is 485 g/mol. The molecule has 13 heteroatoms. The van der Waals surface area contributed by atoms with E-state index < -0.39 is 40.9 Å². The molecule has 36 heavy (non-hydrogen) atoms. The highest BCUT2D eigenvalue weighted by atomic mass is 19.4. The predicted molar refractivity (Wildman–Crippen MR) is 119 cm³/mol. The molecule has 1 saturated heterocycles. The number of rotatable bonds is 6. The number of aromatic amines is 1. The van der Waals surface area contributed by atoms with E-state index in [1.165, 1.54) is 4.90 Å². The van der Waals surface area contributed by atoms with Crippen molar-refractivity contribution in [2.45, 2.75) is 44.9 Å². The zero-order valence-electron chi connectivity index (χ0n) is 19.5. The van der Waals surface area contributed by atoms with E-state index >= 15 is 0 Å². The van der Waals surface area contributed by atoms with Gasteiger partial charge >= 0.3 is 6.18 Å². The number of amides is 1. The lowest BCUT2D eigenvalue weighted by molar-refractivity contribution is -0.149. The number of hydrogen-bond donors (Lipinski definition) is 2. The van der Waals surface area contributed by atoms with E-state index in [0.29, 0.717) is 13.0 Å². The molecule has 0 spiro atoms. The molecule has 1 aliphatic heterocycles. The number of alkyl halides is 3. The fourth-order valence-electron chi connectivity index (χ4n) is 4.39. The zero-order chi connectivity index (χ0) is 26.4. The molecule has 2 aromatic heterocycles. The van der Waals surface area contributed by atoms with Crippen molar-refractivity contribution >= 4 is 11.6 Å². The van der Waals surface area contributed by atoms with Crippen LogP contribution in [0.25, 0.3) is 11.1 Å². The molecule has 190 valence electrons. The maximum atomic E-state index is 14.9. The number of H-pyrrole nitrogens is 1. The van der Waals surface area contributed by atoms with Gasteiger partial charge in [0.2, 0.25) is 0 Å². The van der Waals surface area contributed by atoms with Crippen LogP contribution in [0.5, 0.6) is 0 Å². The van der Waals surface area contributed by atoms with Gasteiger partial charge in [0.15, 0.2) is 0 Å². The van der Waals surface area contributed by atoms with Crippen molar-refractivity contribution < 1.29 is 26.7 Å². The SMILES string of the molecule is Cc1n[nH]cc1-c1cnn(C2(CC#N)CN(c3cc(F)c(C(=O)N[C@@H](C)C(F)(F)F)cc3F)C2)c1C. The number of anilines is 1. The number of halogens is 5. The molecule has 4 rings (SSSR count). The molecular formula is C23H22F5N7O. The lowest BCUT2D eigenvalue weighted by Crippen LogP contribution is -2.63. The van der Waals surface area contributed by atoms with Gasteiger partial charge in [0.25, 0.3) is 5.91 Å². The highest BCUT2D eigenvalue weighted by Gasteiger charge is 2.47. The number of nitrogens with zero attached hydrogens (tertiary/aromatic N) is 5. The first-order valence-electron chi connectivity index (χ1n) is 10.9. The molecule has 8 nitrogen and oxygen atoms in total. The molecule has 0 bridgehead atoms. The summed E-state index contributed by atoms with van der Waals surface area (Å²) in [6.07, 6.45) is -1.29. The number of aromatic nitrogens is 4. The molecule has 3 heterocycles. The minimum Gasteiger partial charge on any atom is -0.364 e. The molecule has 1 atom stereocenters. The Bertz CT molecular complexity index is 1350. The molecule has 0 saturated carbocycles. The van der Waals surface area contributed by atoms with E-state index in [4.69, 9.17) is 0 Å². The maximum Gasteiger partial charge on any atom is 0.408 e. The van der Waals surface area contributed by atoms with Crippen LogP contribution in [0.3, 0.4) is 0 Å². The van der Waals surface area contributed by atoms with Crippen LogP contribution in [0.4, 0.5) is 27.6 Å². The van der Waals surface area contributed by atoms with Crippen molar-refractivity contribution in [1.29, 1.82) is 5.26 Å². The Morgan fingerprint density at radius 2 is 1.94 bits per heavy atom. The predicted octanol–water partition coefficient (Wildman–Crippen LogP) is 3.98. The van der Waals surface area contributed by atoms with Gasteiger partial charge in [-0.15, -0.1) is 0 Å². The molecule has 1 aromatic carbocycles. The first kappa shape index (κ1) is 25.2. The van der Waals surface area contributed by atoms with Gasteiger partial charge in [-0.25, -0.2) is 8.78 Å². The number of carbonyl (C=O) groups excluding carboxylic acids is 1. The average molecular weight is 507 g/mol. The summed E-state index contributed by atoms with van der Waals surface area (Å²) in [6, 6.07) is 1.24. The number of carbonyl (C=O) groups is 1. The van der Waals surface area contributed by atoms with Crippen LogP contribution in [0.15, 0.2) is 24.5 Å². The van der Waals surface area contributed by atoms with Crippen molar-refractivity contribution in [3.8, 4) is 17.2 Å². The van der Waals surface area contributed by atoms with Crippen molar-refractivity contribution in [3.05, 3.63) is 53.1 Å². The first-order valence-corrected chi connectivity index (χ1v) is 10.9. The Labute approximate surface area is 202 Å². The molecule has 3 aromatic rings.